The maximum Gasteiger partial charge on any atom is 0.341 e. The van der Waals surface area contributed by atoms with Gasteiger partial charge in [-0.25, -0.2) is 4.79 Å². The van der Waals surface area contributed by atoms with Gasteiger partial charge in [0.15, 0.2) is 11.5 Å². The summed E-state index contributed by atoms with van der Waals surface area (Å²) < 4.78 is 10.2. The van der Waals surface area contributed by atoms with E-state index in [0.29, 0.717) is 5.75 Å². The van der Waals surface area contributed by atoms with Crippen LogP contribution in [0.5, 0.6) is 11.5 Å². The Hall–Kier alpha value is -1.91. The molecule has 0 radical (unpaired) electrons. The first-order valence-electron chi connectivity index (χ1n) is 5.21. The van der Waals surface area contributed by atoms with Crippen LogP contribution in [0.4, 0.5) is 5.69 Å². The molecule has 5 nitrogen and oxygen atoms in total. The van der Waals surface area contributed by atoms with Crippen LogP contribution in [-0.4, -0.2) is 25.3 Å². The van der Waals surface area contributed by atoms with Crippen molar-refractivity contribution in [1.29, 1.82) is 0 Å². The Morgan fingerprint density at radius 2 is 1.94 bits per heavy atom. The zero-order chi connectivity index (χ0) is 13.2. The number of carboxylic acid groups (broad SMARTS) is 1. The molecule has 0 heterocycles. The third-order valence-corrected chi connectivity index (χ3v) is 2.58. The molecule has 1 aromatic rings. The first-order valence-corrected chi connectivity index (χ1v) is 5.21. The highest BCUT2D eigenvalue weighted by Gasteiger charge is 2.23. The summed E-state index contributed by atoms with van der Waals surface area (Å²) in [4.78, 5) is 11.2. The molecular weight excluding hydrogens is 222 g/mol. The number of ether oxygens (including phenoxy) is 2. The number of methoxy groups -OCH3 is 2. The second kappa shape index (κ2) is 4.95. The number of hydrogen-bond acceptors (Lipinski definition) is 4. The number of rotatable bonds is 4. The molecule has 0 saturated carbocycles. The van der Waals surface area contributed by atoms with Gasteiger partial charge in [-0.3, -0.25) is 0 Å². The third kappa shape index (κ3) is 2.27. The van der Waals surface area contributed by atoms with Gasteiger partial charge in [0.2, 0.25) is 0 Å². The molecule has 0 aliphatic heterocycles. The molecular formula is C12H17NO4. The van der Waals surface area contributed by atoms with E-state index in [1.54, 1.807) is 6.07 Å². The predicted molar refractivity (Wildman–Crippen MR) is 65.0 cm³/mol. The lowest BCUT2D eigenvalue weighted by atomic mass is 9.96. The zero-order valence-electron chi connectivity index (χ0n) is 10.4. The summed E-state index contributed by atoms with van der Waals surface area (Å²) in [5.74, 6) is -0.488. The standard InChI is InChI=1S/C12H17NO4/c1-6(2)7-5-8(16-3)11(17-4)9(10(7)13)12(14)15/h5-6H,13H2,1-4H3,(H,14,15). The number of nitrogens with two attached hydrogens (primary N) is 1. The number of carboxylic acids is 1. The Morgan fingerprint density at radius 3 is 2.29 bits per heavy atom. The molecule has 1 rings (SSSR count). The van der Waals surface area contributed by atoms with Crippen LogP contribution in [0, 0.1) is 0 Å². The summed E-state index contributed by atoms with van der Waals surface area (Å²) in [5.41, 5.74) is 6.79. The minimum Gasteiger partial charge on any atom is -0.493 e. The fraction of sp³-hybridized carbons (Fsp3) is 0.417. The molecule has 0 amide bonds. The van der Waals surface area contributed by atoms with Crippen molar-refractivity contribution in [1.82, 2.24) is 0 Å². The van der Waals surface area contributed by atoms with Gasteiger partial charge in [-0.15, -0.1) is 0 Å². The zero-order valence-corrected chi connectivity index (χ0v) is 10.4. The van der Waals surface area contributed by atoms with Crippen molar-refractivity contribution in [3.63, 3.8) is 0 Å². The van der Waals surface area contributed by atoms with Crippen molar-refractivity contribution in [3.05, 3.63) is 17.2 Å². The van der Waals surface area contributed by atoms with Crippen molar-refractivity contribution >= 4 is 11.7 Å². The Bertz CT molecular complexity index is 441. The minimum absolute atomic E-state index is 0.0458. The first kappa shape index (κ1) is 13.2. The number of benzene rings is 1. The molecule has 1 aromatic carbocycles. The van der Waals surface area contributed by atoms with E-state index in [0.717, 1.165) is 5.56 Å². The molecule has 0 bridgehead atoms. The topological polar surface area (TPSA) is 81.8 Å². The summed E-state index contributed by atoms with van der Waals surface area (Å²) in [6, 6.07) is 1.71. The summed E-state index contributed by atoms with van der Waals surface area (Å²) in [7, 11) is 2.85. The number of nitrogen functional groups attached to an aromatic ring is 1. The van der Waals surface area contributed by atoms with E-state index in [9.17, 15) is 9.90 Å². The lowest BCUT2D eigenvalue weighted by molar-refractivity contribution is 0.0693. The largest absolute Gasteiger partial charge is 0.493 e. The number of carbonyl (C=O) groups is 1. The van der Waals surface area contributed by atoms with Gasteiger partial charge in [0, 0.05) is 0 Å². The molecule has 0 aromatic heterocycles. The van der Waals surface area contributed by atoms with Gasteiger partial charge < -0.3 is 20.3 Å². The lowest BCUT2D eigenvalue weighted by Gasteiger charge is -2.17. The van der Waals surface area contributed by atoms with Gasteiger partial charge >= 0.3 is 5.97 Å². The fourth-order valence-electron chi connectivity index (χ4n) is 1.72. The average Bonchev–Trinajstić information content (AvgIpc) is 2.26. The van der Waals surface area contributed by atoms with Crippen molar-refractivity contribution in [2.75, 3.05) is 20.0 Å². The molecule has 0 spiro atoms. The second-order valence-corrected chi connectivity index (χ2v) is 3.95. The molecule has 0 unspecified atom stereocenters. The van der Waals surface area contributed by atoms with Crippen LogP contribution in [0.1, 0.15) is 35.7 Å². The highest BCUT2D eigenvalue weighted by atomic mass is 16.5. The molecule has 5 heteroatoms. The molecule has 94 valence electrons. The van der Waals surface area contributed by atoms with Gasteiger partial charge in [0.25, 0.3) is 0 Å². The maximum atomic E-state index is 11.2. The summed E-state index contributed by atoms with van der Waals surface area (Å²) >= 11 is 0. The Balaban J connectivity index is 3.63. The van der Waals surface area contributed by atoms with Crippen LogP contribution in [0.2, 0.25) is 0 Å². The average molecular weight is 239 g/mol. The van der Waals surface area contributed by atoms with Gasteiger partial charge in [-0.2, -0.15) is 0 Å². The highest BCUT2D eigenvalue weighted by Crippen LogP contribution is 2.40. The summed E-state index contributed by atoms with van der Waals surface area (Å²) in [5, 5.41) is 9.19. The Kier molecular flexibility index (Phi) is 3.83. The van der Waals surface area contributed by atoms with Gasteiger partial charge in [-0.1, -0.05) is 13.8 Å². The van der Waals surface area contributed by atoms with E-state index in [-0.39, 0.29) is 22.9 Å². The Labute approximate surface area is 100 Å². The predicted octanol–water partition coefficient (Wildman–Crippen LogP) is 2.11. The van der Waals surface area contributed by atoms with Crippen LogP contribution in [0.3, 0.4) is 0 Å². The number of aromatic carboxylic acids is 1. The van der Waals surface area contributed by atoms with E-state index >= 15 is 0 Å². The first-order chi connectivity index (χ1) is 7.93. The van der Waals surface area contributed by atoms with Crippen molar-refractivity contribution in [2.24, 2.45) is 0 Å². The van der Waals surface area contributed by atoms with E-state index < -0.39 is 5.97 Å². The fourth-order valence-corrected chi connectivity index (χ4v) is 1.72. The normalized spacial score (nSPS) is 10.4. The number of hydrogen-bond donors (Lipinski definition) is 2. The van der Waals surface area contributed by atoms with E-state index in [4.69, 9.17) is 15.2 Å². The van der Waals surface area contributed by atoms with Gasteiger partial charge in [-0.05, 0) is 17.5 Å². The van der Waals surface area contributed by atoms with E-state index in [1.165, 1.54) is 14.2 Å². The van der Waals surface area contributed by atoms with Gasteiger partial charge in [0.1, 0.15) is 5.56 Å². The van der Waals surface area contributed by atoms with E-state index in [1.807, 2.05) is 13.8 Å². The SMILES string of the molecule is COc1cc(C(C)C)c(N)c(C(=O)O)c1OC. The monoisotopic (exact) mass is 239 g/mol. The minimum atomic E-state index is -1.12. The quantitative estimate of drug-likeness (QED) is 0.786. The van der Waals surface area contributed by atoms with Crippen LogP contribution < -0.4 is 15.2 Å². The molecule has 0 aliphatic carbocycles. The third-order valence-electron chi connectivity index (χ3n) is 2.58. The molecule has 3 N–H and O–H groups in total. The molecule has 0 aliphatic rings. The smallest absolute Gasteiger partial charge is 0.341 e. The second-order valence-electron chi connectivity index (χ2n) is 3.95. The molecule has 0 atom stereocenters. The van der Waals surface area contributed by atoms with Crippen LogP contribution in [0.15, 0.2) is 6.07 Å². The van der Waals surface area contributed by atoms with Crippen molar-refractivity contribution in [3.8, 4) is 11.5 Å². The van der Waals surface area contributed by atoms with E-state index in [2.05, 4.69) is 0 Å². The maximum absolute atomic E-state index is 11.2. The van der Waals surface area contributed by atoms with Crippen molar-refractivity contribution in [2.45, 2.75) is 19.8 Å². The van der Waals surface area contributed by atoms with Crippen molar-refractivity contribution < 1.29 is 19.4 Å². The van der Waals surface area contributed by atoms with Crippen LogP contribution >= 0.6 is 0 Å². The Morgan fingerprint density at radius 1 is 1.35 bits per heavy atom. The molecule has 17 heavy (non-hydrogen) atoms. The lowest BCUT2D eigenvalue weighted by Crippen LogP contribution is -2.10. The van der Waals surface area contributed by atoms with Gasteiger partial charge in [0.05, 0.1) is 19.9 Å². The van der Waals surface area contributed by atoms with Crippen LogP contribution in [-0.2, 0) is 0 Å². The molecule has 0 saturated heterocycles. The highest BCUT2D eigenvalue weighted by molar-refractivity contribution is 5.99. The summed E-state index contributed by atoms with van der Waals surface area (Å²) in [6.45, 7) is 3.87. The van der Waals surface area contributed by atoms with Crippen LogP contribution in [0.25, 0.3) is 0 Å². The molecule has 0 fully saturated rings. The summed E-state index contributed by atoms with van der Waals surface area (Å²) in [6.07, 6.45) is 0. The number of anilines is 1.